The zero-order valence-corrected chi connectivity index (χ0v) is 13.8. The third kappa shape index (κ3) is 6.41. The van der Waals surface area contributed by atoms with Gasteiger partial charge in [-0.25, -0.2) is 5.48 Å². The number of carbonyl (C=O) groups excluding carboxylic acids is 1. The average molecular weight is 304 g/mol. The molecule has 22 heavy (non-hydrogen) atoms. The van der Waals surface area contributed by atoms with Gasteiger partial charge in [0.25, 0.3) is 5.91 Å². The second-order valence-corrected chi connectivity index (χ2v) is 3.79. The van der Waals surface area contributed by atoms with Gasteiger partial charge in [0.2, 0.25) is 0 Å². The Balaban J connectivity index is 0. The van der Waals surface area contributed by atoms with Crippen LogP contribution in [0.3, 0.4) is 0 Å². The van der Waals surface area contributed by atoms with Crippen LogP contribution in [0.5, 0.6) is 0 Å². The molecule has 1 aromatic carbocycles. The zero-order chi connectivity index (χ0) is 16.8. The molecule has 0 saturated carbocycles. The van der Waals surface area contributed by atoms with Crippen LogP contribution in [-0.2, 0) is 0 Å². The molecule has 3 N–H and O–H groups in total. The SMILES string of the molecule is CC.CC.O=C(NO)c1ccccc1NC1=CCC=CC=C1.[HH]. The monoisotopic (exact) mass is 304 g/mol. The van der Waals surface area contributed by atoms with Crippen molar-refractivity contribution >= 4 is 11.6 Å². The third-order valence-corrected chi connectivity index (χ3v) is 2.55. The van der Waals surface area contributed by atoms with Crippen LogP contribution in [0.4, 0.5) is 5.69 Å². The first kappa shape index (κ1) is 19.7. The normalized spacial score (nSPS) is 11.8. The molecule has 0 heterocycles. The molecule has 0 unspecified atom stereocenters. The molecule has 0 bridgehead atoms. The number of nitrogens with one attached hydrogen (secondary N) is 2. The molecular weight excluding hydrogens is 276 g/mol. The molecule has 4 heteroatoms. The molecule has 1 aromatic rings. The Kier molecular flexibility index (Phi) is 11.1. The largest absolute Gasteiger partial charge is 0.355 e. The maximum absolute atomic E-state index is 11.5. The fourth-order valence-electron chi connectivity index (χ4n) is 1.68. The number of hydroxylamine groups is 1. The van der Waals surface area contributed by atoms with Gasteiger partial charge in [-0.2, -0.15) is 0 Å². The Labute approximate surface area is 134 Å². The molecular formula is C18H28N2O2. The second-order valence-electron chi connectivity index (χ2n) is 3.79. The molecule has 1 aliphatic carbocycles. The number of hydrogen-bond acceptors (Lipinski definition) is 3. The molecule has 0 aromatic heterocycles. The van der Waals surface area contributed by atoms with Crippen LogP contribution < -0.4 is 10.8 Å². The summed E-state index contributed by atoms with van der Waals surface area (Å²) in [5, 5.41) is 11.9. The Morgan fingerprint density at radius 1 is 1.14 bits per heavy atom. The molecule has 1 amide bonds. The van der Waals surface area contributed by atoms with Crippen LogP contribution in [0.15, 0.2) is 60.3 Å². The first-order valence-electron chi connectivity index (χ1n) is 7.65. The van der Waals surface area contributed by atoms with Gasteiger partial charge >= 0.3 is 0 Å². The van der Waals surface area contributed by atoms with Crippen LogP contribution in [0.25, 0.3) is 0 Å². The minimum Gasteiger partial charge on any atom is -0.355 e. The summed E-state index contributed by atoms with van der Waals surface area (Å²) in [6.07, 6.45) is 10.7. The van der Waals surface area contributed by atoms with Crippen LogP contribution in [0, 0.1) is 0 Å². The minimum atomic E-state index is -0.533. The van der Waals surface area contributed by atoms with Gasteiger partial charge in [0.1, 0.15) is 0 Å². The molecule has 0 spiro atoms. The molecule has 0 aliphatic heterocycles. The number of carbonyl (C=O) groups is 1. The van der Waals surface area contributed by atoms with E-state index in [0.717, 1.165) is 12.1 Å². The summed E-state index contributed by atoms with van der Waals surface area (Å²) < 4.78 is 0. The minimum absolute atomic E-state index is 0. The standard InChI is InChI=1S/C14H14N2O2.2C2H6.H2/c17-14(16-18)12-9-5-6-10-13(12)15-11-7-3-1-2-4-8-11;2*1-2;/h1-3,5-10,15,18H,4H2,(H,16,17);2*1-2H3;1H. The molecule has 0 radical (unpaired) electrons. The van der Waals surface area contributed by atoms with E-state index in [1.807, 2.05) is 64.1 Å². The van der Waals surface area contributed by atoms with Gasteiger partial charge in [-0.3, -0.25) is 10.0 Å². The first-order valence-corrected chi connectivity index (χ1v) is 7.65. The summed E-state index contributed by atoms with van der Waals surface area (Å²) in [5.74, 6) is -0.533. The van der Waals surface area contributed by atoms with Gasteiger partial charge in [-0.1, -0.05) is 64.1 Å². The Morgan fingerprint density at radius 3 is 2.50 bits per heavy atom. The van der Waals surface area contributed by atoms with Crippen molar-refractivity contribution in [3.05, 3.63) is 65.9 Å². The lowest BCUT2D eigenvalue weighted by molar-refractivity contribution is 0.0707. The number of allylic oxidation sites excluding steroid dienone is 5. The lowest BCUT2D eigenvalue weighted by Crippen LogP contribution is -2.20. The molecule has 0 fully saturated rings. The number of rotatable bonds is 3. The van der Waals surface area contributed by atoms with E-state index in [4.69, 9.17) is 5.21 Å². The Bertz CT molecular complexity index is 538. The maximum atomic E-state index is 11.5. The van der Waals surface area contributed by atoms with E-state index in [1.165, 1.54) is 0 Å². The summed E-state index contributed by atoms with van der Waals surface area (Å²) in [4.78, 5) is 11.5. The molecule has 1 aliphatic rings. The maximum Gasteiger partial charge on any atom is 0.276 e. The van der Waals surface area contributed by atoms with Gasteiger partial charge in [0.05, 0.1) is 11.3 Å². The second kappa shape index (κ2) is 12.4. The predicted molar refractivity (Wildman–Crippen MR) is 95.1 cm³/mol. The van der Waals surface area contributed by atoms with Gasteiger partial charge in [-0.05, 0) is 24.6 Å². The summed E-state index contributed by atoms with van der Waals surface area (Å²) in [7, 11) is 0. The molecule has 2 rings (SSSR count). The van der Waals surface area contributed by atoms with Crippen LogP contribution in [-0.4, -0.2) is 11.1 Å². The van der Waals surface area contributed by atoms with Crippen molar-refractivity contribution in [3.8, 4) is 0 Å². The quantitative estimate of drug-likeness (QED) is 0.549. The summed E-state index contributed by atoms with van der Waals surface area (Å²) in [5.41, 5.74) is 3.61. The highest BCUT2D eigenvalue weighted by Gasteiger charge is 2.09. The highest BCUT2D eigenvalue weighted by atomic mass is 16.5. The Morgan fingerprint density at radius 2 is 1.82 bits per heavy atom. The van der Waals surface area contributed by atoms with Crippen LogP contribution in [0.2, 0.25) is 0 Å². The van der Waals surface area contributed by atoms with E-state index in [9.17, 15) is 4.79 Å². The Hall–Kier alpha value is -2.33. The number of hydrogen-bond donors (Lipinski definition) is 3. The van der Waals surface area contributed by atoms with Gasteiger partial charge in [-0.15, -0.1) is 0 Å². The number of anilines is 1. The van der Waals surface area contributed by atoms with E-state index in [-0.39, 0.29) is 1.43 Å². The summed E-state index contributed by atoms with van der Waals surface area (Å²) >= 11 is 0. The van der Waals surface area contributed by atoms with E-state index in [0.29, 0.717) is 11.3 Å². The smallest absolute Gasteiger partial charge is 0.276 e. The van der Waals surface area contributed by atoms with Crippen molar-refractivity contribution in [2.75, 3.05) is 5.32 Å². The number of amides is 1. The van der Waals surface area contributed by atoms with E-state index in [2.05, 4.69) is 5.32 Å². The lowest BCUT2D eigenvalue weighted by Gasteiger charge is -2.11. The van der Waals surface area contributed by atoms with E-state index >= 15 is 0 Å². The zero-order valence-electron chi connectivity index (χ0n) is 13.8. The van der Waals surface area contributed by atoms with Crippen molar-refractivity contribution in [1.82, 2.24) is 5.48 Å². The molecule has 0 saturated heterocycles. The van der Waals surface area contributed by atoms with Gasteiger partial charge in [0, 0.05) is 7.12 Å². The van der Waals surface area contributed by atoms with Gasteiger partial charge < -0.3 is 5.32 Å². The highest BCUT2D eigenvalue weighted by Crippen LogP contribution is 2.18. The van der Waals surface area contributed by atoms with Crippen molar-refractivity contribution in [1.29, 1.82) is 0 Å². The number of para-hydroxylation sites is 1. The van der Waals surface area contributed by atoms with Gasteiger partial charge in [0.15, 0.2) is 0 Å². The molecule has 4 nitrogen and oxygen atoms in total. The summed E-state index contributed by atoms with van der Waals surface area (Å²) in [6, 6.07) is 7.01. The third-order valence-electron chi connectivity index (χ3n) is 2.55. The highest BCUT2D eigenvalue weighted by molar-refractivity contribution is 5.99. The van der Waals surface area contributed by atoms with E-state index < -0.39 is 5.91 Å². The number of benzene rings is 1. The summed E-state index contributed by atoms with van der Waals surface area (Å²) in [6.45, 7) is 8.00. The van der Waals surface area contributed by atoms with Crippen LogP contribution in [0.1, 0.15) is 45.9 Å². The van der Waals surface area contributed by atoms with Crippen molar-refractivity contribution in [2.45, 2.75) is 34.1 Å². The average Bonchev–Trinajstić information content (AvgIpc) is 2.87. The topological polar surface area (TPSA) is 61.4 Å². The van der Waals surface area contributed by atoms with Crippen molar-refractivity contribution in [2.24, 2.45) is 0 Å². The fourth-order valence-corrected chi connectivity index (χ4v) is 1.68. The van der Waals surface area contributed by atoms with Crippen molar-refractivity contribution in [3.63, 3.8) is 0 Å². The lowest BCUT2D eigenvalue weighted by atomic mass is 10.1. The first-order chi connectivity index (χ1) is 10.8. The predicted octanol–water partition coefficient (Wildman–Crippen LogP) is 4.92. The fraction of sp³-hybridized carbons (Fsp3) is 0.278. The molecule has 0 atom stereocenters. The van der Waals surface area contributed by atoms with Crippen molar-refractivity contribution < 1.29 is 11.4 Å². The van der Waals surface area contributed by atoms with Crippen LogP contribution >= 0.6 is 0 Å². The molecule has 122 valence electrons. The van der Waals surface area contributed by atoms with E-state index in [1.54, 1.807) is 23.7 Å².